The number of thiophene rings is 1. The van der Waals surface area contributed by atoms with E-state index in [9.17, 15) is 14.9 Å². The standard InChI is InChI=1S/C12H10ClN3O3S/c1-7(8-2-3-20-6-8)15-12(17)10-4-9(16(18)19)5-14-11(10)13/h2-7H,1H3,(H,15,17). The van der Waals surface area contributed by atoms with Crippen molar-refractivity contribution in [1.82, 2.24) is 10.3 Å². The van der Waals surface area contributed by atoms with Crippen LogP contribution in [0.1, 0.15) is 28.9 Å². The van der Waals surface area contributed by atoms with E-state index >= 15 is 0 Å². The van der Waals surface area contributed by atoms with Gasteiger partial charge in [0.05, 0.1) is 16.5 Å². The van der Waals surface area contributed by atoms with E-state index in [-0.39, 0.29) is 22.4 Å². The number of carbonyl (C=O) groups excluding carboxylic acids is 1. The van der Waals surface area contributed by atoms with Crippen LogP contribution in [-0.4, -0.2) is 15.8 Å². The first-order chi connectivity index (χ1) is 9.49. The topological polar surface area (TPSA) is 85.1 Å². The molecule has 0 fully saturated rings. The first kappa shape index (κ1) is 14.4. The summed E-state index contributed by atoms with van der Waals surface area (Å²) >= 11 is 7.33. The lowest BCUT2D eigenvalue weighted by molar-refractivity contribution is -0.385. The van der Waals surface area contributed by atoms with Gasteiger partial charge in [-0.05, 0) is 29.3 Å². The van der Waals surface area contributed by atoms with E-state index in [2.05, 4.69) is 10.3 Å². The van der Waals surface area contributed by atoms with Crippen LogP contribution in [0.4, 0.5) is 5.69 Å². The number of nitrogens with zero attached hydrogens (tertiary/aromatic N) is 2. The fraction of sp³-hybridized carbons (Fsp3) is 0.167. The molecule has 20 heavy (non-hydrogen) atoms. The summed E-state index contributed by atoms with van der Waals surface area (Å²) < 4.78 is 0. The van der Waals surface area contributed by atoms with Crippen molar-refractivity contribution in [3.05, 3.63) is 55.5 Å². The largest absolute Gasteiger partial charge is 0.345 e. The molecule has 2 rings (SSSR count). The van der Waals surface area contributed by atoms with Crippen LogP contribution >= 0.6 is 22.9 Å². The van der Waals surface area contributed by atoms with Crippen molar-refractivity contribution in [2.24, 2.45) is 0 Å². The Labute approximate surface area is 123 Å². The third-order valence-electron chi connectivity index (χ3n) is 2.67. The van der Waals surface area contributed by atoms with Crippen molar-refractivity contribution in [1.29, 1.82) is 0 Å². The van der Waals surface area contributed by atoms with Crippen LogP contribution in [0.25, 0.3) is 0 Å². The van der Waals surface area contributed by atoms with Gasteiger partial charge in [0, 0.05) is 6.07 Å². The second-order valence-corrected chi connectivity index (χ2v) is 5.18. The summed E-state index contributed by atoms with van der Waals surface area (Å²) in [6.45, 7) is 1.82. The van der Waals surface area contributed by atoms with Gasteiger partial charge in [-0.2, -0.15) is 11.3 Å². The first-order valence-corrected chi connectivity index (χ1v) is 6.94. The molecule has 8 heteroatoms. The number of nitro groups is 1. The number of halogens is 1. The molecule has 2 aromatic heterocycles. The molecule has 0 saturated heterocycles. The quantitative estimate of drug-likeness (QED) is 0.534. The normalized spacial score (nSPS) is 11.9. The zero-order valence-corrected chi connectivity index (χ0v) is 11.9. The highest BCUT2D eigenvalue weighted by atomic mass is 35.5. The maximum atomic E-state index is 12.1. The SMILES string of the molecule is CC(NC(=O)c1cc([N+](=O)[O-])cnc1Cl)c1ccsc1. The van der Waals surface area contributed by atoms with Crippen molar-refractivity contribution in [2.75, 3.05) is 0 Å². The molecule has 6 nitrogen and oxygen atoms in total. The lowest BCUT2D eigenvalue weighted by atomic mass is 10.1. The van der Waals surface area contributed by atoms with E-state index in [1.165, 1.54) is 11.3 Å². The van der Waals surface area contributed by atoms with Crippen LogP contribution in [0.2, 0.25) is 5.15 Å². The highest BCUT2D eigenvalue weighted by Crippen LogP contribution is 2.21. The summed E-state index contributed by atoms with van der Waals surface area (Å²) in [7, 11) is 0. The van der Waals surface area contributed by atoms with Crippen molar-refractivity contribution < 1.29 is 9.72 Å². The average molecular weight is 312 g/mol. The summed E-state index contributed by atoms with van der Waals surface area (Å²) in [6, 6.07) is 2.79. The van der Waals surface area contributed by atoms with E-state index in [0.717, 1.165) is 17.8 Å². The zero-order chi connectivity index (χ0) is 14.7. The Hall–Kier alpha value is -1.99. The van der Waals surface area contributed by atoms with E-state index in [4.69, 9.17) is 11.6 Å². The second kappa shape index (κ2) is 5.98. The van der Waals surface area contributed by atoms with Crippen LogP contribution in [0, 0.1) is 10.1 Å². The van der Waals surface area contributed by atoms with Crippen LogP contribution in [0.3, 0.4) is 0 Å². The third kappa shape index (κ3) is 3.12. The van der Waals surface area contributed by atoms with Gasteiger partial charge in [-0.25, -0.2) is 4.98 Å². The van der Waals surface area contributed by atoms with Crippen LogP contribution in [-0.2, 0) is 0 Å². The number of rotatable bonds is 4. The van der Waals surface area contributed by atoms with Gasteiger partial charge in [0.15, 0.2) is 0 Å². The summed E-state index contributed by atoms with van der Waals surface area (Å²) in [5, 5.41) is 17.2. The fourth-order valence-corrected chi connectivity index (χ4v) is 2.52. The van der Waals surface area contributed by atoms with Gasteiger partial charge in [0.1, 0.15) is 11.3 Å². The highest BCUT2D eigenvalue weighted by Gasteiger charge is 2.19. The molecule has 0 aliphatic heterocycles. The lowest BCUT2D eigenvalue weighted by Crippen LogP contribution is -2.26. The van der Waals surface area contributed by atoms with Gasteiger partial charge in [-0.3, -0.25) is 14.9 Å². The first-order valence-electron chi connectivity index (χ1n) is 5.62. The average Bonchev–Trinajstić information content (AvgIpc) is 2.92. The number of hydrogen-bond acceptors (Lipinski definition) is 5. The number of nitrogens with one attached hydrogen (secondary N) is 1. The summed E-state index contributed by atoms with van der Waals surface area (Å²) in [5.74, 6) is -0.495. The molecule has 0 radical (unpaired) electrons. The number of pyridine rings is 1. The van der Waals surface area contributed by atoms with Gasteiger partial charge in [0.2, 0.25) is 0 Å². The predicted molar refractivity (Wildman–Crippen MR) is 76.1 cm³/mol. The molecule has 2 heterocycles. The van der Waals surface area contributed by atoms with Crippen molar-refractivity contribution in [3.8, 4) is 0 Å². The Kier molecular flexibility index (Phi) is 4.31. The number of hydrogen-bond donors (Lipinski definition) is 1. The van der Waals surface area contributed by atoms with Gasteiger partial charge in [-0.15, -0.1) is 0 Å². The van der Waals surface area contributed by atoms with Gasteiger partial charge in [0.25, 0.3) is 11.6 Å². The van der Waals surface area contributed by atoms with E-state index < -0.39 is 10.8 Å². The smallest absolute Gasteiger partial charge is 0.288 e. The molecule has 104 valence electrons. The summed E-state index contributed by atoms with van der Waals surface area (Å²) in [5.41, 5.74) is 0.670. The molecular formula is C12H10ClN3O3S. The third-order valence-corrected chi connectivity index (χ3v) is 3.67. The molecule has 1 N–H and O–H groups in total. The van der Waals surface area contributed by atoms with Crippen molar-refractivity contribution in [3.63, 3.8) is 0 Å². The second-order valence-electron chi connectivity index (χ2n) is 4.04. The monoisotopic (exact) mass is 311 g/mol. The summed E-state index contributed by atoms with van der Waals surface area (Å²) in [6.07, 6.45) is 1.02. The maximum Gasteiger partial charge on any atom is 0.288 e. The molecule has 0 bridgehead atoms. The minimum Gasteiger partial charge on any atom is -0.345 e. The van der Waals surface area contributed by atoms with E-state index in [1.54, 1.807) is 0 Å². The molecule has 0 saturated carbocycles. The molecule has 0 aliphatic rings. The van der Waals surface area contributed by atoms with E-state index in [1.807, 2.05) is 23.8 Å². The molecule has 0 aromatic carbocycles. The zero-order valence-electron chi connectivity index (χ0n) is 10.4. The molecule has 1 unspecified atom stereocenters. The Morgan fingerprint density at radius 2 is 2.35 bits per heavy atom. The molecule has 1 amide bonds. The van der Waals surface area contributed by atoms with Crippen LogP contribution in [0.15, 0.2) is 29.1 Å². The molecule has 0 aliphatic carbocycles. The number of carbonyl (C=O) groups is 1. The Balaban J connectivity index is 2.20. The Bertz CT molecular complexity index is 645. The summed E-state index contributed by atoms with van der Waals surface area (Å²) in [4.78, 5) is 25.8. The minimum atomic E-state index is -0.623. The minimum absolute atomic E-state index is 0.0112. The van der Waals surface area contributed by atoms with Gasteiger partial charge >= 0.3 is 0 Å². The molecular weight excluding hydrogens is 302 g/mol. The van der Waals surface area contributed by atoms with Crippen molar-refractivity contribution >= 4 is 34.5 Å². The van der Waals surface area contributed by atoms with Crippen LogP contribution < -0.4 is 5.32 Å². The predicted octanol–water partition coefficient (Wildman–Crippen LogP) is 3.20. The highest BCUT2D eigenvalue weighted by molar-refractivity contribution is 7.07. The lowest BCUT2D eigenvalue weighted by Gasteiger charge is -2.12. The van der Waals surface area contributed by atoms with Crippen LogP contribution in [0.5, 0.6) is 0 Å². The maximum absolute atomic E-state index is 12.1. The van der Waals surface area contributed by atoms with Gasteiger partial charge in [-0.1, -0.05) is 11.6 Å². The Morgan fingerprint density at radius 3 is 2.95 bits per heavy atom. The number of aromatic nitrogens is 1. The fourth-order valence-electron chi connectivity index (χ4n) is 1.58. The van der Waals surface area contributed by atoms with Gasteiger partial charge < -0.3 is 5.32 Å². The number of amides is 1. The van der Waals surface area contributed by atoms with E-state index in [0.29, 0.717) is 0 Å². The Morgan fingerprint density at radius 1 is 1.60 bits per heavy atom. The molecule has 1 atom stereocenters. The molecule has 0 spiro atoms. The molecule has 2 aromatic rings. The van der Waals surface area contributed by atoms with Crippen molar-refractivity contribution in [2.45, 2.75) is 13.0 Å².